The summed E-state index contributed by atoms with van der Waals surface area (Å²) in [5, 5.41) is 2.95. The number of rotatable bonds is 5. The Morgan fingerprint density at radius 3 is 2.76 bits per heavy atom. The molecule has 2 aromatic heterocycles. The van der Waals surface area contributed by atoms with Crippen molar-refractivity contribution in [3.8, 4) is 11.5 Å². The first-order chi connectivity index (χ1) is 12.0. The molecule has 0 bridgehead atoms. The monoisotopic (exact) mass is 350 g/mol. The van der Waals surface area contributed by atoms with Crippen molar-refractivity contribution in [1.29, 1.82) is 0 Å². The van der Waals surface area contributed by atoms with Crippen molar-refractivity contribution in [3.63, 3.8) is 0 Å². The van der Waals surface area contributed by atoms with Crippen LogP contribution in [0, 0.1) is 0 Å². The van der Waals surface area contributed by atoms with E-state index in [0.29, 0.717) is 25.5 Å². The predicted octanol–water partition coefficient (Wildman–Crippen LogP) is 3.71. The van der Waals surface area contributed by atoms with Crippen LogP contribution in [0.25, 0.3) is 11.5 Å². The number of alkyl halides is 3. The number of hydrogen-bond donors (Lipinski definition) is 1. The molecule has 1 N–H and O–H groups in total. The van der Waals surface area contributed by atoms with E-state index >= 15 is 0 Å². The number of ether oxygens (including phenoxy) is 1. The number of halogens is 3. The van der Waals surface area contributed by atoms with Gasteiger partial charge in [-0.2, -0.15) is 13.2 Å². The summed E-state index contributed by atoms with van der Waals surface area (Å²) in [6.45, 7) is 1.76. The Kier molecular flexibility index (Phi) is 5.28. The molecule has 25 heavy (non-hydrogen) atoms. The van der Waals surface area contributed by atoms with Crippen LogP contribution in [0.1, 0.15) is 18.5 Å². The lowest BCUT2D eigenvalue weighted by Crippen LogP contribution is -2.13. The Morgan fingerprint density at radius 2 is 2.08 bits per heavy atom. The zero-order chi connectivity index (χ0) is 17.7. The van der Waals surface area contributed by atoms with E-state index in [-0.39, 0.29) is 11.6 Å². The summed E-state index contributed by atoms with van der Waals surface area (Å²) in [5.41, 5.74) is 0.536. The summed E-state index contributed by atoms with van der Waals surface area (Å²) in [4.78, 5) is 11.8. The maximum Gasteiger partial charge on any atom is 0.433 e. The molecule has 0 saturated carbocycles. The Balaban J connectivity index is 1.79. The molecule has 0 spiro atoms. The molecule has 0 amide bonds. The van der Waals surface area contributed by atoms with Crippen LogP contribution >= 0.6 is 0 Å². The van der Waals surface area contributed by atoms with E-state index in [2.05, 4.69) is 20.3 Å². The highest BCUT2D eigenvalue weighted by molar-refractivity contribution is 5.53. The van der Waals surface area contributed by atoms with E-state index in [1.165, 1.54) is 11.8 Å². The quantitative estimate of drug-likeness (QED) is 0.833. The van der Waals surface area contributed by atoms with Crippen LogP contribution < -0.4 is 5.32 Å². The molecule has 0 radical (unpaired) electrons. The van der Waals surface area contributed by atoms with Gasteiger partial charge in [-0.15, -0.1) is 0 Å². The standard InChI is InChI=1S/C17H17F3N4O/c18-17(19,20)14-11-15(22-8-4-12-5-9-25-10-6-12)24-16(23-14)13-3-1-2-7-21-13/h1-3,5,7,11H,4,6,8-10H2,(H,22,23,24). The van der Waals surface area contributed by atoms with Crippen LogP contribution in [0.5, 0.6) is 0 Å². The second kappa shape index (κ2) is 7.60. The lowest BCUT2D eigenvalue weighted by Gasteiger charge is -2.15. The molecular formula is C17H17F3N4O. The Morgan fingerprint density at radius 1 is 1.20 bits per heavy atom. The lowest BCUT2D eigenvalue weighted by molar-refractivity contribution is -0.141. The Hall–Kier alpha value is -2.48. The summed E-state index contributed by atoms with van der Waals surface area (Å²) >= 11 is 0. The van der Waals surface area contributed by atoms with Crippen LogP contribution in [-0.4, -0.2) is 34.7 Å². The summed E-state index contributed by atoms with van der Waals surface area (Å²) in [5.74, 6) is 0.0823. The topological polar surface area (TPSA) is 59.9 Å². The molecule has 3 rings (SSSR count). The zero-order valence-electron chi connectivity index (χ0n) is 13.4. The van der Waals surface area contributed by atoms with Crippen LogP contribution in [0.3, 0.4) is 0 Å². The zero-order valence-corrected chi connectivity index (χ0v) is 13.4. The highest BCUT2D eigenvalue weighted by atomic mass is 19.4. The van der Waals surface area contributed by atoms with Gasteiger partial charge < -0.3 is 10.1 Å². The second-order valence-electron chi connectivity index (χ2n) is 5.54. The van der Waals surface area contributed by atoms with E-state index in [9.17, 15) is 13.2 Å². The largest absolute Gasteiger partial charge is 0.433 e. The average Bonchev–Trinajstić information content (AvgIpc) is 2.62. The van der Waals surface area contributed by atoms with Crippen LogP contribution in [-0.2, 0) is 10.9 Å². The van der Waals surface area contributed by atoms with Gasteiger partial charge in [-0.3, -0.25) is 4.98 Å². The third-order valence-corrected chi connectivity index (χ3v) is 3.72. The lowest BCUT2D eigenvalue weighted by atomic mass is 10.1. The van der Waals surface area contributed by atoms with Crippen molar-refractivity contribution >= 4 is 5.82 Å². The first-order valence-electron chi connectivity index (χ1n) is 7.89. The molecule has 132 valence electrons. The van der Waals surface area contributed by atoms with Gasteiger partial charge in [0, 0.05) is 18.8 Å². The number of anilines is 1. The minimum absolute atomic E-state index is 0.0526. The van der Waals surface area contributed by atoms with Crippen LogP contribution in [0.2, 0.25) is 0 Å². The van der Waals surface area contributed by atoms with Crippen molar-refractivity contribution in [2.45, 2.75) is 19.0 Å². The fourth-order valence-electron chi connectivity index (χ4n) is 2.44. The van der Waals surface area contributed by atoms with E-state index in [0.717, 1.165) is 18.9 Å². The average molecular weight is 350 g/mol. The summed E-state index contributed by atoms with van der Waals surface area (Å²) in [6.07, 6.45) is 0.521. The Bertz CT molecular complexity index is 747. The smallest absolute Gasteiger partial charge is 0.377 e. The highest BCUT2D eigenvalue weighted by Crippen LogP contribution is 2.30. The summed E-state index contributed by atoms with van der Waals surface area (Å²) in [7, 11) is 0. The van der Waals surface area contributed by atoms with Gasteiger partial charge in [-0.1, -0.05) is 17.7 Å². The minimum atomic E-state index is -4.55. The van der Waals surface area contributed by atoms with Gasteiger partial charge in [0.05, 0.1) is 13.2 Å². The number of hydrogen-bond acceptors (Lipinski definition) is 5. The van der Waals surface area contributed by atoms with Crippen LogP contribution in [0.15, 0.2) is 42.1 Å². The van der Waals surface area contributed by atoms with E-state index in [4.69, 9.17) is 4.74 Å². The van der Waals surface area contributed by atoms with Gasteiger partial charge in [-0.05, 0) is 25.0 Å². The van der Waals surface area contributed by atoms with Crippen molar-refractivity contribution in [2.24, 2.45) is 0 Å². The SMILES string of the molecule is FC(F)(F)c1cc(NCCC2=CCOCC2)nc(-c2ccccn2)n1. The van der Waals surface area contributed by atoms with E-state index in [1.54, 1.807) is 18.2 Å². The predicted molar refractivity (Wildman–Crippen MR) is 86.9 cm³/mol. The molecule has 1 aliphatic rings. The highest BCUT2D eigenvalue weighted by Gasteiger charge is 2.34. The number of nitrogens with one attached hydrogen (secondary N) is 1. The van der Waals surface area contributed by atoms with Gasteiger partial charge in [0.1, 0.15) is 11.5 Å². The normalized spacial score (nSPS) is 14.9. The first-order valence-corrected chi connectivity index (χ1v) is 7.89. The third kappa shape index (κ3) is 4.76. The van der Waals surface area contributed by atoms with Gasteiger partial charge in [0.25, 0.3) is 0 Å². The molecule has 0 saturated heterocycles. The van der Waals surface area contributed by atoms with Crippen molar-refractivity contribution in [1.82, 2.24) is 15.0 Å². The molecule has 5 nitrogen and oxygen atoms in total. The minimum Gasteiger partial charge on any atom is -0.377 e. The molecule has 8 heteroatoms. The number of pyridine rings is 1. The molecule has 0 unspecified atom stereocenters. The van der Waals surface area contributed by atoms with Gasteiger partial charge in [-0.25, -0.2) is 9.97 Å². The first kappa shape index (κ1) is 17.3. The van der Waals surface area contributed by atoms with Crippen LogP contribution in [0.4, 0.5) is 19.0 Å². The van der Waals surface area contributed by atoms with Crippen molar-refractivity contribution < 1.29 is 17.9 Å². The summed E-state index contributed by atoms with van der Waals surface area (Å²) in [6, 6.07) is 5.85. The molecule has 0 aromatic carbocycles. The van der Waals surface area contributed by atoms with E-state index < -0.39 is 11.9 Å². The molecule has 0 atom stereocenters. The molecular weight excluding hydrogens is 333 g/mol. The maximum absolute atomic E-state index is 13.1. The summed E-state index contributed by atoms with van der Waals surface area (Å²) < 4.78 is 44.6. The Labute approximate surface area is 143 Å². The molecule has 0 fully saturated rings. The maximum atomic E-state index is 13.1. The second-order valence-corrected chi connectivity index (χ2v) is 5.54. The number of nitrogens with zero attached hydrogens (tertiary/aromatic N) is 3. The number of aromatic nitrogens is 3. The van der Waals surface area contributed by atoms with Crippen molar-refractivity contribution in [3.05, 3.63) is 47.8 Å². The molecule has 2 aromatic rings. The van der Waals surface area contributed by atoms with Gasteiger partial charge >= 0.3 is 6.18 Å². The van der Waals surface area contributed by atoms with Gasteiger partial charge in [0.15, 0.2) is 11.5 Å². The molecule has 1 aliphatic heterocycles. The van der Waals surface area contributed by atoms with E-state index in [1.807, 2.05) is 6.08 Å². The third-order valence-electron chi connectivity index (χ3n) is 3.72. The van der Waals surface area contributed by atoms with Gasteiger partial charge in [0.2, 0.25) is 0 Å². The fourth-order valence-corrected chi connectivity index (χ4v) is 2.44. The molecule has 0 aliphatic carbocycles. The fraction of sp³-hybridized carbons (Fsp3) is 0.353. The molecule has 3 heterocycles. The van der Waals surface area contributed by atoms with Crippen molar-refractivity contribution in [2.75, 3.05) is 25.1 Å².